The summed E-state index contributed by atoms with van der Waals surface area (Å²) in [5.74, 6) is 0. The van der Waals surface area contributed by atoms with Crippen LogP contribution in [-0.2, 0) is 5.41 Å². The molecule has 0 bridgehead atoms. The van der Waals surface area contributed by atoms with Gasteiger partial charge in [-0.25, -0.2) is 0 Å². The van der Waals surface area contributed by atoms with Crippen LogP contribution in [-0.4, -0.2) is 0 Å². The first-order valence-corrected chi connectivity index (χ1v) is 24.7. The van der Waals surface area contributed by atoms with Crippen LogP contribution < -0.4 is 4.90 Å². The Bertz CT molecular complexity index is 4150. The highest BCUT2D eigenvalue weighted by atomic mass is 32.1. The van der Waals surface area contributed by atoms with Crippen LogP contribution in [0.25, 0.3) is 97.0 Å². The first-order valence-electron chi connectivity index (χ1n) is 23.9. The van der Waals surface area contributed by atoms with Gasteiger partial charge in [0.05, 0.1) is 5.41 Å². The molecule has 0 radical (unpaired) electrons. The average molecular weight is 892 g/mol. The van der Waals surface area contributed by atoms with Gasteiger partial charge in [0.1, 0.15) is 0 Å². The minimum Gasteiger partial charge on any atom is -0.310 e. The Morgan fingerprint density at radius 3 is 1.26 bits per heavy atom. The van der Waals surface area contributed by atoms with E-state index in [2.05, 4.69) is 254 Å². The molecular weight excluding hydrogens is 851 g/mol. The molecule has 0 saturated carbocycles. The van der Waals surface area contributed by atoms with E-state index >= 15 is 0 Å². The van der Waals surface area contributed by atoms with E-state index in [1.165, 1.54) is 119 Å². The second kappa shape index (κ2) is 14.7. The molecule has 1 aromatic heterocycles. The van der Waals surface area contributed by atoms with E-state index in [4.69, 9.17) is 0 Å². The zero-order valence-corrected chi connectivity index (χ0v) is 38.3. The van der Waals surface area contributed by atoms with Crippen molar-refractivity contribution in [2.75, 3.05) is 4.90 Å². The summed E-state index contributed by atoms with van der Waals surface area (Å²) in [6.07, 6.45) is 0. The summed E-state index contributed by atoms with van der Waals surface area (Å²) in [5.41, 5.74) is 18.3. The van der Waals surface area contributed by atoms with Crippen LogP contribution in [0, 0.1) is 0 Å². The van der Waals surface area contributed by atoms with Gasteiger partial charge >= 0.3 is 0 Å². The van der Waals surface area contributed by atoms with Crippen molar-refractivity contribution >= 4 is 80.9 Å². The van der Waals surface area contributed by atoms with Crippen molar-refractivity contribution in [2.45, 2.75) is 5.41 Å². The highest BCUT2D eigenvalue weighted by molar-refractivity contribution is 7.25. The first-order chi connectivity index (χ1) is 34.2. The lowest BCUT2D eigenvalue weighted by molar-refractivity contribution is 0.793. The zero-order chi connectivity index (χ0) is 45.2. The molecule has 1 heterocycles. The summed E-state index contributed by atoms with van der Waals surface area (Å²) in [7, 11) is 0. The molecule has 2 aliphatic carbocycles. The summed E-state index contributed by atoms with van der Waals surface area (Å²) in [6, 6.07) is 93.2. The SMILES string of the molecule is c1ccc2c(c1)-c1ccccc1C21c2ccccc2-c2ccc(N(c3ccc(-c4ccc(-c5ccc6sc7ccccc7c6c5)cc4)cc3)c3ccc4c5ccccc5c5ccccc5c4c3)cc21. The molecule has 2 heteroatoms. The summed E-state index contributed by atoms with van der Waals surface area (Å²) in [4.78, 5) is 2.48. The number of fused-ring (bicyclic) bond motifs is 19. The molecule has 0 N–H and O–H groups in total. The van der Waals surface area contributed by atoms with Crippen LogP contribution in [0.3, 0.4) is 0 Å². The summed E-state index contributed by atoms with van der Waals surface area (Å²) in [6.45, 7) is 0. The van der Waals surface area contributed by atoms with Crippen LogP contribution in [0.5, 0.6) is 0 Å². The fraction of sp³-hybridized carbons (Fsp3) is 0.0149. The predicted molar refractivity (Wildman–Crippen MR) is 294 cm³/mol. The fourth-order valence-corrected chi connectivity index (χ4v) is 13.4. The van der Waals surface area contributed by atoms with Crippen molar-refractivity contribution < 1.29 is 0 Å². The number of rotatable bonds is 5. The topological polar surface area (TPSA) is 3.24 Å². The minimum atomic E-state index is -0.446. The number of thiophene rings is 1. The van der Waals surface area contributed by atoms with Crippen molar-refractivity contribution in [3.63, 3.8) is 0 Å². The number of hydrogen-bond donors (Lipinski definition) is 0. The predicted octanol–water partition coefficient (Wildman–Crippen LogP) is 18.7. The Morgan fingerprint density at radius 1 is 0.246 bits per heavy atom. The lowest BCUT2D eigenvalue weighted by Crippen LogP contribution is -2.26. The third kappa shape index (κ3) is 5.52. The summed E-state index contributed by atoms with van der Waals surface area (Å²) < 4.78 is 2.66. The molecule has 15 rings (SSSR count). The Kier molecular flexibility index (Phi) is 8.22. The van der Waals surface area contributed by atoms with Crippen molar-refractivity contribution in [3.05, 3.63) is 271 Å². The van der Waals surface area contributed by atoms with Crippen LogP contribution in [0.2, 0.25) is 0 Å². The van der Waals surface area contributed by atoms with Gasteiger partial charge in [0.2, 0.25) is 0 Å². The Morgan fingerprint density at radius 2 is 0.652 bits per heavy atom. The molecule has 320 valence electrons. The maximum Gasteiger partial charge on any atom is 0.0726 e. The van der Waals surface area contributed by atoms with Gasteiger partial charge in [0.25, 0.3) is 0 Å². The second-order valence-corrected chi connectivity index (χ2v) is 19.8. The number of anilines is 3. The lowest BCUT2D eigenvalue weighted by Gasteiger charge is -2.32. The van der Waals surface area contributed by atoms with Gasteiger partial charge in [0.15, 0.2) is 0 Å². The maximum atomic E-state index is 2.50. The third-order valence-electron chi connectivity index (χ3n) is 15.3. The molecular formula is C67H41NS. The van der Waals surface area contributed by atoms with Crippen molar-refractivity contribution in [2.24, 2.45) is 0 Å². The van der Waals surface area contributed by atoms with Crippen LogP contribution >= 0.6 is 11.3 Å². The Labute approximate surface area is 404 Å². The smallest absolute Gasteiger partial charge is 0.0726 e. The second-order valence-electron chi connectivity index (χ2n) is 18.7. The van der Waals surface area contributed by atoms with Crippen molar-refractivity contribution in [1.29, 1.82) is 0 Å². The van der Waals surface area contributed by atoms with Gasteiger partial charge in [-0.15, -0.1) is 11.3 Å². The van der Waals surface area contributed by atoms with Gasteiger partial charge in [-0.2, -0.15) is 0 Å². The highest BCUT2D eigenvalue weighted by Crippen LogP contribution is 2.63. The van der Waals surface area contributed by atoms with E-state index in [0.29, 0.717) is 0 Å². The first kappa shape index (κ1) is 38.5. The van der Waals surface area contributed by atoms with E-state index in [-0.39, 0.29) is 0 Å². The standard InChI is InChI=1S/C67H41NS/c1-2-15-51-49(13-1)50-14-3-4-16-52(50)59-40-47(34-36-53(51)59)68(46-32-29-43(30-33-46)42-25-27-44(28-26-42)45-31-38-66-60(39-45)58-20-8-12-24-65(58)69-66)48-35-37-57-56-19-7-11-23-63(56)67(64(57)41-48)61-21-9-5-17-54(61)55-18-6-10-22-62(55)67/h1-41H. The van der Waals surface area contributed by atoms with E-state index in [1.807, 2.05) is 11.3 Å². The average Bonchev–Trinajstić information content (AvgIpc) is 4.05. The van der Waals surface area contributed by atoms with Crippen LogP contribution in [0.4, 0.5) is 17.1 Å². The Balaban J connectivity index is 0.895. The molecule has 2 aliphatic rings. The largest absolute Gasteiger partial charge is 0.310 e. The molecule has 0 aliphatic heterocycles. The monoisotopic (exact) mass is 891 g/mol. The molecule has 13 aromatic rings. The molecule has 0 amide bonds. The zero-order valence-electron chi connectivity index (χ0n) is 37.5. The van der Waals surface area contributed by atoms with Gasteiger partial charge in [-0.05, 0) is 154 Å². The molecule has 0 unspecified atom stereocenters. The van der Waals surface area contributed by atoms with Crippen LogP contribution in [0.1, 0.15) is 22.3 Å². The number of hydrogen-bond acceptors (Lipinski definition) is 2. The van der Waals surface area contributed by atoms with Gasteiger partial charge in [-0.3, -0.25) is 0 Å². The van der Waals surface area contributed by atoms with E-state index < -0.39 is 5.41 Å². The van der Waals surface area contributed by atoms with Crippen molar-refractivity contribution in [3.8, 4) is 44.5 Å². The Hall–Kier alpha value is -8.56. The normalized spacial score (nSPS) is 13.0. The highest BCUT2D eigenvalue weighted by Gasteiger charge is 2.51. The van der Waals surface area contributed by atoms with Crippen LogP contribution in [0.15, 0.2) is 249 Å². The quantitative estimate of drug-likeness (QED) is 0.156. The van der Waals surface area contributed by atoms with E-state index in [0.717, 1.165) is 17.1 Å². The maximum absolute atomic E-state index is 2.50. The minimum absolute atomic E-state index is 0.446. The molecule has 1 spiro atoms. The lowest BCUT2D eigenvalue weighted by atomic mass is 9.70. The molecule has 12 aromatic carbocycles. The molecule has 0 saturated heterocycles. The molecule has 69 heavy (non-hydrogen) atoms. The molecule has 1 nitrogen and oxygen atoms in total. The van der Waals surface area contributed by atoms with E-state index in [9.17, 15) is 0 Å². The van der Waals surface area contributed by atoms with Crippen molar-refractivity contribution in [1.82, 2.24) is 0 Å². The van der Waals surface area contributed by atoms with E-state index in [1.54, 1.807) is 0 Å². The van der Waals surface area contributed by atoms with Gasteiger partial charge in [-0.1, -0.05) is 194 Å². The summed E-state index contributed by atoms with van der Waals surface area (Å²) in [5, 5.41) is 10.3. The molecule has 0 atom stereocenters. The summed E-state index contributed by atoms with van der Waals surface area (Å²) >= 11 is 1.86. The molecule has 0 fully saturated rings. The number of benzene rings is 12. The third-order valence-corrected chi connectivity index (χ3v) is 16.4. The number of nitrogens with zero attached hydrogens (tertiary/aromatic N) is 1. The van der Waals surface area contributed by atoms with Gasteiger partial charge < -0.3 is 4.90 Å². The van der Waals surface area contributed by atoms with Gasteiger partial charge in [0, 0.05) is 37.2 Å². The fourth-order valence-electron chi connectivity index (χ4n) is 12.3.